The average Bonchev–Trinajstić information content (AvgIpc) is 2.71. The van der Waals surface area contributed by atoms with E-state index in [9.17, 15) is 0 Å². The monoisotopic (exact) mass is 231 g/mol. The summed E-state index contributed by atoms with van der Waals surface area (Å²) >= 11 is 6.07. The van der Waals surface area contributed by atoms with Crippen LogP contribution in [0.2, 0.25) is 18.1 Å². The lowest BCUT2D eigenvalue weighted by atomic mass is 10.1. The summed E-state index contributed by atoms with van der Waals surface area (Å²) in [5, 5.41) is 3.92. The van der Waals surface area contributed by atoms with Crippen LogP contribution in [0.3, 0.4) is 0 Å². The Bertz CT molecular complexity index is 537. The third kappa shape index (κ3) is 1.11. The van der Waals surface area contributed by atoms with E-state index in [4.69, 9.17) is 11.6 Å². The summed E-state index contributed by atoms with van der Waals surface area (Å²) < 4.78 is 0. The van der Waals surface area contributed by atoms with Crippen LogP contribution >= 0.6 is 11.6 Å². The maximum absolute atomic E-state index is 6.07. The van der Waals surface area contributed by atoms with E-state index in [1.807, 2.05) is 6.07 Å². The molecule has 2 heteroatoms. The Kier molecular flexibility index (Phi) is 1.74. The molecule has 0 N–H and O–H groups in total. The smallest absolute Gasteiger partial charge is 0.0576 e. The fraction of sp³-hybridized carbons (Fsp3) is 0.154. The molecular weight excluding hydrogens is 220 g/mol. The highest BCUT2D eigenvalue weighted by Crippen LogP contribution is 2.30. The third-order valence-electron chi connectivity index (χ3n) is 3.43. The van der Waals surface area contributed by atoms with Crippen LogP contribution in [0.25, 0.3) is 11.1 Å². The molecule has 0 aliphatic carbocycles. The molecule has 0 saturated heterocycles. The molecule has 1 aliphatic heterocycles. The first-order chi connectivity index (χ1) is 7.10. The maximum atomic E-state index is 6.07. The van der Waals surface area contributed by atoms with Crippen molar-refractivity contribution in [3.63, 3.8) is 0 Å². The van der Waals surface area contributed by atoms with Gasteiger partial charge < -0.3 is 0 Å². The molecule has 0 aromatic heterocycles. The van der Waals surface area contributed by atoms with Crippen LogP contribution in [0.5, 0.6) is 0 Å². The fourth-order valence-corrected chi connectivity index (χ4v) is 5.88. The molecule has 0 radical (unpaired) electrons. The third-order valence-corrected chi connectivity index (χ3v) is 7.23. The van der Waals surface area contributed by atoms with Gasteiger partial charge in [0.15, 0.2) is 0 Å². The van der Waals surface area contributed by atoms with Gasteiger partial charge in [-0.15, -0.1) is 22.0 Å². The SMILES string of the molecule is C[Si]1(C)c2ccc(Cl)cc2-[c-]2cccc21. The Morgan fingerprint density at radius 3 is 2.80 bits per heavy atom. The van der Waals surface area contributed by atoms with Crippen molar-refractivity contribution < 1.29 is 0 Å². The van der Waals surface area contributed by atoms with Crippen molar-refractivity contribution in [1.29, 1.82) is 0 Å². The van der Waals surface area contributed by atoms with E-state index in [-0.39, 0.29) is 0 Å². The van der Waals surface area contributed by atoms with Gasteiger partial charge in [-0.3, -0.25) is 0 Å². The fourth-order valence-electron chi connectivity index (χ4n) is 2.63. The van der Waals surface area contributed by atoms with Gasteiger partial charge in [0.25, 0.3) is 0 Å². The van der Waals surface area contributed by atoms with Gasteiger partial charge in [0.1, 0.15) is 0 Å². The molecule has 0 amide bonds. The summed E-state index contributed by atoms with van der Waals surface area (Å²) in [7, 11) is -1.41. The van der Waals surface area contributed by atoms with E-state index >= 15 is 0 Å². The van der Waals surface area contributed by atoms with E-state index in [0.717, 1.165) is 5.02 Å². The van der Waals surface area contributed by atoms with E-state index in [2.05, 4.69) is 43.4 Å². The second-order valence-corrected chi connectivity index (χ2v) is 9.43. The second kappa shape index (κ2) is 2.80. The molecule has 1 aliphatic rings. The largest absolute Gasteiger partial charge is 0.152 e. The molecule has 0 unspecified atom stereocenters. The van der Waals surface area contributed by atoms with Crippen molar-refractivity contribution in [3.8, 4) is 11.1 Å². The molecule has 2 aromatic carbocycles. The van der Waals surface area contributed by atoms with Crippen LogP contribution in [0, 0.1) is 0 Å². The van der Waals surface area contributed by atoms with Gasteiger partial charge >= 0.3 is 0 Å². The molecular formula is C13H12ClSi-. The molecule has 0 nitrogen and oxygen atoms in total. The first kappa shape index (κ1) is 9.31. The van der Waals surface area contributed by atoms with Gasteiger partial charge in [0.05, 0.1) is 8.07 Å². The Morgan fingerprint density at radius 1 is 1.20 bits per heavy atom. The van der Waals surface area contributed by atoms with Gasteiger partial charge in [-0.2, -0.15) is 12.1 Å². The average molecular weight is 232 g/mol. The summed E-state index contributed by atoms with van der Waals surface area (Å²) in [4.78, 5) is 0. The van der Waals surface area contributed by atoms with Crippen LogP contribution in [-0.2, 0) is 0 Å². The molecule has 0 saturated carbocycles. The van der Waals surface area contributed by atoms with Crippen LogP contribution in [0.15, 0.2) is 36.4 Å². The number of rotatable bonds is 0. The number of hydrogen-bond acceptors (Lipinski definition) is 0. The lowest BCUT2D eigenvalue weighted by Crippen LogP contribution is -2.48. The minimum atomic E-state index is -1.41. The minimum absolute atomic E-state index is 0.840. The Labute approximate surface area is 95.9 Å². The van der Waals surface area contributed by atoms with Gasteiger partial charge in [0.2, 0.25) is 0 Å². The highest BCUT2D eigenvalue weighted by molar-refractivity contribution is 7.03. The topological polar surface area (TPSA) is 0 Å². The lowest BCUT2D eigenvalue weighted by molar-refractivity contribution is 1.73. The van der Waals surface area contributed by atoms with Gasteiger partial charge in [-0.25, -0.2) is 0 Å². The van der Waals surface area contributed by atoms with Crippen molar-refractivity contribution >= 4 is 30.0 Å². The number of hydrogen-bond donors (Lipinski definition) is 0. The standard InChI is InChI=1S/C13H12ClSi/c1-15(2)12-5-3-4-10(12)11-8-9(14)6-7-13(11)15/h3-8H,1-2H3/q-1. The van der Waals surface area contributed by atoms with Crippen molar-refractivity contribution in [3.05, 3.63) is 41.4 Å². The molecule has 0 bridgehead atoms. The molecule has 0 spiro atoms. The molecule has 76 valence electrons. The molecule has 0 atom stereocenters. The number of fused-ring (bicyclic) bond motifs is 3. The van der Waals surface area contributed by atoms with Crippen molar-refractivity contribution in [1.82, 2.24) is 0 Å². The first-order valence-electron chi connectivity index (χ1n) is 5.17. The minimum Gasteiger partial charge on any atom is -0.152 e. The predicted molar refractivity (Wildman–Crippen MR) is 69.2 cm³/mol. The zero-order valence-electron chi connectivity index (χ0n) is 8.84. The second-order valence-electron chi connectivity index (χ2n) is 4.67. The van der Waals surface area contributed by atoms with Crippen LogP contribution in [0.1, 0.15) is 0 Å². The van der Waals surface area contributed by atoms with Gasteiger partial charge in [-0.1, -0.05) is 48.5 Å². The van der Waals surface area contributed by atoms with E-state index < -0.39 is 8.07 Å². The van der Waals surface area contributed by atoms with E-state index in [1.54, 1.807) is 5.19 Å². The summed E-state index contributed by atoms with van der Waals surface area (Å²) in [5.74, 6) is 0. The summed E-state index contributed by atoms with van der Waals surface area (Å²) in [6.45, 7) is 4.82. The zero-order valence-corrected chi connectivity index (χ0v) is 10.6. The van der Waals surface area contributed by atoms with Gasteiger partial charge in [0, 0.05) is 5.02 Å². The van der Waals surface area contributed by atoms with Crippen LogP contribution in [-0.4, -0.2) is 8.07 Å². The molecule has 0 fully saturated rings. The van der Waals surface area contributed by atoms with Crippen LogP contribution in [0.4, 0.5) is 0 Å². The van der Waals surface area contributed by atoms with E-state index in [1.165, 1.54) is 16.3 Å². The normalized spacial score (nSPS) is 16.2. The zero-order chi connectivity index (χ0) is 10.6. The Hall–Kier alpha value is -0.923. The summed E-state index contributed by atoms with van der Waals surface area (Å²) in [6.07, 6.45) is 0. The highest BCUT2D eigenvalue weighted by atomic mass is 35.5. The number of halogens is 1. The molecule has 3 rings (SSSR count). The van der Waals surface area contributed by atoms with Crippen molar-refractivity contribution in [2.45, 2.75) is 13.1 Å². The first-order valence-corrected chi connectivity index (χ1v) is 8.55. The lowest BCUT2D eigenvalue weighted by Gasteiger charge is -2.22. The Balaban J connectivity index is 2.40. The predicted octanol–water partition coefficient (Wildman–Crippen LogP) is 2.86. The summed E-state index contributed by atoms with van der Waals surface area (Å²) in [5.41, 5.74) is 2.77. The van der Waals surface area contributed by atoms with Crippen molar-refractivity contribution in [2.75, 3.05) is 0 Å². The molecule has 2 aromatic rings. The number of benzene rings is 1. The molecule has 15 heavy (non-hydrogen) atoms. The molecule has 1 heterocycles. The Morgan fingerprint density at radius 2 is 2.00 bits per heavy atom. The van der Waals surface area contributed by atoms with Gasteiger partial charge in [-0.05, 0) is 0 Å². The highest BCUT2D eigenvalue weighted by Gasteiger charge is 2.31. The van der Waals surface area contributed by atoms with Crippen LogP contribution < -0.4 is 10.4 Å². The van der Waals surface area contributed by atoms with E-state index in [0.29, 0.717) is 0 Å². The quantitative estimate of drug-likeness (QED) is 0.483. The maximum Gasteiger partial charge on any atom is 0.0576 e. The summed E-state index contributed by atoms with van der Waals surface area (Å²) in [6, 6.07) is 13.0. The van der Waals surface area contributed by atoms with Crippen molar-refractivity contribution in [2.24, 2.45) is 0 Å².